The van der Waals surface area contributed by atoms with E-state index in [1.54, 1.807) is 56.5 Å². The Kier molecular flexibility index (Phi) is 7.70. The molecule has 0 saturated carbocycles. The van der Waals surface area contributed by atoms with Gasteiger partial charge in [0, 0.05) is 11.1 Å². The number of halogens is 3. The number of alkyl halides is 3. The lowest BCUT2D eigenvalue weighted by Crippen LogP contribution is -2.18. The summed E-state index contributed by atoms with van der Waals surface area (Å²) in [5.74, 6) is 0.351. The van der Waals surface area contributed by atoms with Crippen molar-refractivity contribution in [1.82, 2.24) is 15.2 Å². The summed E-state index contributed by atoms with van der Waals surface area (Å²) in [4.78, 5) is 15.3. The van der Waals surface area contributed by atoms with Gasteiger partial charge in [-0.15, -0.1) is 13.2 Å². The van der Waals surface area contributed by atoms with Gasteiger partial charge in [-0.1, -0.05) is 12.1 Å². The summed E-state index contributed by atoms with van der Waals surface area (Å²) in [5, 5.41) is 15.9. The second-order valence-corrected chi connectivity index (χ2v) is 8.00. The number of hydrogen-bond acceptors (Lipinski definition) is 7. The molecule has 0 spiro atoms. The van der Waals surface area contributed by atoms with Crippen LogP contribution in [-0.2, 0) is 4.79 Å². The molecule has 9 nitrogen and oxygen atoms in total. The maximum absolute atomic E-state index is 12.8. The number of ether oxygens (including phenoxy) is 4. The first-order chi connectivity index (χ1) is 18.1. The van der Waals surface area contributed by atoms with Gasteiger partial charge < -0.3 is 24.1 Å². The molecule has 4 aromatic rings. The van der Waals surface area contributed by atoms with Crippen LogP contribution in [0.5, 0.6) is 23.0 Å². The first kappa shape index (κ1) is 26.3. The molecule has 0 aliphatic rings. The summed E-state index contributed by atoms with van der Waals surface area (Å²) in [7, 11) is 1.55. The lowest BCUT2D eigenvalue weighted by Gasteiger charge is -2.19. The molecule has 1 heterocycles. The SMILES string of the molecule is COc1ccc(-c2n[nH]c(C(Oc3ccc(OCC(=O)O)c(C)c3)c3cccc(OC(F)(F)F)c3)n2)cc1. The Bertz CT molecular complexity index is 1410. The van der Waals surface area contributed by atoms with Gasteiger partial charge in [-0.25, -0.2) is 9.78 Å². The number of rotatable bonds is 10. The predicted octanol–water partition coefficient (Wildman–Crippen LogP) is 5.32. The van der Waals surface area contributed by atoms with Crippen LogP contribution in [0.1, 0.15) is 23.1 Å². The Balaban J connectivity index is 1.68. The molecule has 0 fully saturated rings. The van der Waals surface area contributed by atoms with Gasteiger partial charge in [0.25, 0.3) is 0 Å². The summed E-state index contributed by atoms with van der Waals surface area (Å²) < 4.78 is 59.2. The zero-order chi connectivity index (χ0) is 27.3. The quantitative estimate of drug-likeness (QED) is 0.284. The molecule has 3 aromatic carbocycles. The van der Waals surface area contributed by atoms with E-state index in [0.29, 0.717) is 39.8 Å². The summed E-state index contributed by atoms with van der Waals surface area (Å²) >= 11 is 0. The Morgan fingerprint density at radius 1 is 1.03 bits per heavy atom. The maximum atomic E-state index is 12.8. The van der Waals surface area contributed by atoms with Gasteiger partial charge in [0.05, 0.1) is 7.11 Å². The lowest BCUT2D eigenvalue weighted by molar-refractivity contribution is -0.274. The van der Waals surface area contributed by atoms with Crippen molar-refractivity contribution in [1.29, 1.82) is 0 Å². The van der Waals surface area contributed by atoms with Gasteiger partial charge in [0.15, 0.2) is 24.4 Å². The van der Waals surface area contributed by atoms with Crippen LogP contribution in [0.3, 0.4) is 0 Å². The number of carbonyl (C=O) groups is 1. The molecule has 0 aliphatic heterocycles. The summed E-state index contributed by atoms with van der Waals surface area (Å²) in [6.45, 7) is 1.19. The highest BCUT2D eigenvalue weighted by molar-refractivity contribution is 5.68. The summed E-state index contributed by atoms with van der Waals surface area (Å²) in [6, 6.07) is 17.1. The van der Waals surface area contributed by atoms with Gasteiger partial charge in [0.2, 0.25) is 0 Å². The van der Waals surface area contributed by atoms with Gasteiger partial charge in [-0.2, -0.15) is 5.10 Å². The fraction of sp³-hybridized carbons (Fsp3) is 0.192. The van der Waals surface area contributed by atoms with Crippen molar-refractivity contribution in [2.75, 3.05) is 13.7 Å². The van der Waals surface area contributed by atoms with Gasteiger partial charge in [0.1, 0.15) is 23.0 Å². The number of aromatic amines is 1. The number of aromatic nitrogens is 3. The molecular formula is C26H22F3N3O6. The highest BCUT2D eigenvalue weighted by Gasteiger charge is 2.32. The molecule has 4 rings (SSSR count). The second-order valence-electron chi connectivity index (χ2n) is 8.00. The molecule has 0 saturated heterocycles. The number of carboxylic acid groups (broad SMARTS) is 1. The minimum atomic E-state index is -4.87. The van der Waals surface area contributed by atoms with Gasteiger partial charge in [-0.3, -0.25) is 5.10 Å². The molecule has 0 aliphatic carbocycles. The number of H-pyrrole nitrogens is 1. The molecule has 198 valence electrons. The molecule has 38 heavy (non-hydrogen) atoms. The van der Waals surface area contributed by atoms with Crippen LogP contribution in [0.15, 0.2) is 66.7 Å². The van der Waals surface area contributed by atoms with E-state index < -0.39 is 30.8 Å². The standard InChI is InChI=1S/C26H22F3N3O6/c1-15-12-19(10-11-21(15)36-14-22(33)34)37-23(17-4-3-5-20(13-17)38-26(27,28)29)25-30-24(31-32-25)16-6-8-18(35-2)9-7-16/h3-13,23H,14H2,1-2H3,(H,33,34)(H,30,31,32). The van der Waals surface area contributed by atoms with Crippen molar-refractivity contribution < 1.29 is 42.0 Å². The van der Waals surface area contributed by atoms with E-state index in [1.807, 2.05) is 0 Å². The highest BCUT2D eigenvalue weighted by atomic mass is 19.4. The fourth-order valence-electron chi connectivity index (χ4n) is 3.55. The maximum Gasteiger partial charge on any atom is 0.573 e. The number of carboxylic acids is 1. The molecule has 1 unspecified atom stereocenters. The van der Waals surface area contributed by atoms with Crippen molar-refractivity contribution in [2.24, 2.45) is 0 Å². The molecule has 2 N–H and O–H groups in total. The van der Waals surface area contributed by atoms with Gasteiger partial charge in [-0.05, 0) is 67.1 Å². The number of benzene rings is 3. The number of nitrogens with one attached hydrogen (secondary N) is 1. The van der Waals surface area contributed by atoms with Crippen molar-refractivity contribution in [3.8, 4) is 34.4 Å². The van der Waals surface area contributed by atoms with Crippen LogP contribution in [0.25, 0.3) is 11.4 Å². The smallest absolute Gasteiger partial charge is 0.497 e. The zero-order valence-corrected chi connectivity index (χ0v) is 20.2. The third-order valence-electron chi connectivity index (χ3n) is 5.25. The van der Waals surface area contributed by atoms with Crippen LogP contribution in [0.4, 0.5) is 13.2 Å². The van der Waals surface area contributed by atoms with Gasteiger partial charge >= 0.3 is 12.3 Å². The molecule has 1 aromatic heterocycles. The fourth-order valence-corrected chi connectivity index (χ4v) is 3.55. The Labute approximate surface area is 214 Å². The van der Waals surface area contributed by atoms with Crippen LogP contribution < -0.4 is 18.9 Å². The molecule has 0 amide bonds. The molecule has 0 radical (unpaired) electrons. The van der Waals surface area contributed by atoms with E-state index in [2.05, 4.69) is 19.9 Å². The first-order valence-electron chi connectivity index (χ1n) is 11.2. The van der Waals surface area contributed by atoms with E-state index in [9.17, 15) is 18.0 Å². The largest absolute Gasteiger partial charge is 0.573 e. The minimum Gasteiger partial charge on any atom is -0.497 e. The Hall–Kier alpha value is -4.74. The van der Waals surface area contributed by atoms with Crippen LogP contribution >= 0.6 is 0 Å². The van der Waals surface area contributed by atoms with Crippen molar-refractivity contribution in [3.05, 3.63) is 83.7 Å². The number of hydrogen-bond donors (Lipinski definition) is 2. The van der Waals surface area contributed by atoms with E-state index in [4.69, 9.17) is 19.3 Å². The minimum absolute atomic E-state index is 0.226. The zero-order valence-electron chi connectivity index (χ0n) is 20.2. The average molecular weight is 529 g/mol. The highest BCUT2D eigenvalue weighted by Crippen LogP contribution is 2.33. The predicted molar refractivity (Wildman–Crippen MR) is 128 cm³/mol. The third kappa shape index (κ3) is 6.72. The number of aryl methyl sites for hydroxylation is 1. The first-order valence-corrected chi connectivity index (χ1v) is 11.2. The Morgan fingerprint density at radius 2 is 1.76 bits per heavy atom. The molecule has 0 bridgehead atoms. The molecular weight excluding hydrogens is 507 g/mol. The van der Waals surface area contributed by atoms with Crippen molar-refractivity contribution >= 4 is 5.97 Å². The number of aliphatic carboxylic acids is 1. The average Bonchev–Trinajstić information content (AvgIpc) is 3.36. The molecule has 12 heteroatoms. The molecule has 1 atom stereocenters. The number of nitrogens with zero attached hydrogens (tertiary/aromatic N) is 2. The summed E-state index contributed by atoms with van der Waals surface area (Å²) in [5.41, 5.74) is 1.58. The van der Waals surface area contributed by atoms with Crippen molar-refractivity contribution in [3.63, 3.8) is 0 Å². The monoisotopic (exact) mass is 529 g/mol. The summed E-state index contributed by atoms with van der Waals surface area (Å²) in [6.07, 6.45) is -5.87. The van der Waals surface area contributed by atoms with E-state index in [0.717, 1.165) is 0 Å². The van der Waals surface area contributed by atoms with Crippen molar-refractivity contribution in [2.45, 2.75) is 19.4 Å². The normalized spacial score (nSPS) is 12.0. The van der Waals surface area contributed by atoms with E-state index in [1.165, 1.54) is 24.3 Å². The van der Waals surface area contributed by atoms with Crippen LogP contribution in [0.2, 0.25) is 0 Å². The lowest BCUT2D eigenvalue weighted by atomic mass is 10.1. The van der Waals surface area contributed by atoms with E-state index in [-0.39, 0.29) is 5.82 Å². The Morgan fingerprint density at radius 3 is 2.42 bits per heavy atom. The second kappa shape index (κ2) is 11.1. The van der Waals surface area contributed by atoms with E-state index >= 15 is 0 Å². The number of methoxy groups -OCH3 is 1. The topological polar surface area (TPSA) is 116 Å². The van der Waals surface area contributed by atoms with Crippen LogP contribution in [0, 0.1) is 6.92 Å². The third-order valence-corrected chi connectivity index (χ3v) is 5.25. The van der Waals surface area contributed by atoms with Crippen LogP contribution in [-0.4, -0.2) is 46.3 Å².